The van der Waals surface area contributed by atoms with Crippen molar-refractivity contribution in [2.75, 3.05) is 11.9 Å². The molecule has 0 bridgehead atoms. The van der Waals surface area contributed by atoms with Crippen LogP contribution in [-0.2, 0) is 11.8 Å². The lowest BCUT2D eigenvalue weighted by Crippen LogP contribution is -2.30. The van der Waals surface area contributed by atoms with Gasteiger partial charge in [0.05, 0.1) is 6.20 Å². The molecular weight excluding hydrogens is 204 g/mol. The average Bonchev–Trinajstić information content (AvgIpc) is 2.87. The summed E-state index contributed by atoms with van der Waals surface area (Å²) < 4.78 is 1.66. The van der Waals surface area contributed by atoms with Gasteiger partial charge in [-0.25, -0.2) is 0 Å². The topological polar surface area (TPSA) is 72.9 Å². The number of carbonyl (C=O) groups excluding carboxylic acids is 1. The molecule has 3 N–H and O–H groups in total. The molecule has 1 aromatic heterocycles. The van der Waals surface area contributed by atoms with Gasteiger partial charge in [-0.3, -0.25) is 9.48 Å². The first-order chi connectivity index (χ1) is 7.72. The van der Waals surface area contributed by atoms with E-state index in [4.69, 9.17) is 5.73 Å². The van der Waals surface area contributed by atoms with Crippen LogP contribution >= 0.6 is 0 Å². The molecule has 1 aromatic rings. The van der Waals surface area contributed by atoms with Gasteiger partial charge in [0.1, 0.15) is 5.82 Å². The molecule has 1 saturated carbocycles. The maximum Gasteiger partial charge on any atom is 0.228 e. The third kappa shape index (κ3) is 2.09. The second-order valence-electron chi connectivity index (χ2n) is 4.36. The lowest BCUT2D eigenvalue weighted by Gasteiger charge is -2.17. The molecule has 1 heterocycles. The second kappa shape index (κ2) is 4.65. The third-order valence-electron chi connectivity index (χ3n) is 3.37. The summed E-state index contributed by atoms with van der Waals surface area (Å²) in [4.78, 5) is 12.0. The van der Waals surface area contributed by atoms with Gasteiger partial charge in [-0.2, -0.15) is 5.10 Å². The summed E-state index contributed by atoms with van der Waals surface area (Å²) in [5.41, 5.74) is 5.67. The van der Waals surface area contributed by atoms with Crippen molar-refractivity contribution in [3.05, 3.63) is 12.3 Å². The third-order valence-corrected chi connectivity index (χ3v) is 3.37. The molecule has 0 aromatic carbocycles. The Bertz CT molecular complexity index is 374. The van der Waals surface area contributed by atoms with Gasteiger partial charge in [-0.05, 0) is 25.3 Å². The Morgan fingerprint density at radius 1 is 1.69 bits per heavy atom. The van der Waals surface area contributed by atoms with E-state index in [-0.39, 0.29) is 11.8 Å². The van der Waals surface area contributed by atoms with E-state index < -0.39 is 0 Å². The summed E-state index contributed by atoms with van der Waals surface area (Å²) in [6, 6.07) is 1.80. The number of nitrogens with one attached hydrogen (secondary N) is 1. The molecule has 1 aliphatic rings. The standard InChI is InChI=1S/C11H18N4O/c1-15-10(5-6-13-15)14-11(16)9-4-2-3-8(9)7-12/h5-6,8-9H,2-4,7,12H2,1H3,(H,14,16)/t8-,9-/m1/s1. The van der Waals surface area contributed by atoms with E-state index in [1.54, 1.807) is 16.9 Å². The fourth-order valence-electron chi connectivity index (χ4n) is 2.38. The molecular formula is C11H18N4O. The number of rotatable bonds is 3. The van der Waals surface area contributed by atoms with Crippen LogP contribution in [0, 0.1) is 11.8 Å². The Morgan fingerprint density at radius 2 is 2.50 bits per heavy atom. The lowest BCUT2D eigenvalue weighted by molar-refractivity contribution is -0.120. The van der Waals surface area contributed by atoms with Gasteiger partial charge >= 0.3 is 0 Å². The highest BCUT2D eigenvalue weighted by Gasteiger charge is 2.32. The van der Waals surface area contributed by atoms with Crippen molar-refractivity contribution >= 4 is 11.7 Å². The van der Waals surface area contributed by atoms with E-state index in [1.807, 2.05) is 7.05 Å². The first kappa shape index (κ1) is 11.1. The number of nitrogens with zero attached hydrogens (tertiary/aromatic N) is 2. The number of carbonyl (C=O) groups is 1. The summed E-state index contributed by atoms with van der Waals surface area (Å²) in [5, 5.41) is 6.92. The van der Waals surface area contributed by atoms with E-state index in [1.165, 1.54) is 0 Å². The second-order valence-corrected chi connectivity index (χ2v) is 4.36. The molecule has 0 saturated heterocycles. The maximum absolute atomic E-state index is 12.0. The molecule has 0 aliphatic heterocycles. The molecule has 2 rings (SSSR count). The van der Waals surface area contributed by atoms with Gasteiger partial charge in [0, 0.05) is 19.0 Å². The fraction of sp³-hybridized carbons (Fsp3) is 0.636. The zero-order valence-electron chi connectivity index (χ0n) is 9.52. The van der Waals surface area contributed by atoms with Crippen LogP contribution in [0.4, 0.5) is 5.82 Å². The number of aryl methyl sites for hydroxylation is 1. The van der Waals surface area contributed by atoms with Crippen LogP contribution in [0.25, 0.3) is 0 Å². The van der Waals surface area contributed by atoms with Crippen molar-refractivity contribution in [1.82, 2.24) is 9.78 Å². The van der Waals surface area contributed by atoms with Crippen molar-refractivity contribution < 1.29 is 4.79 Å². The maximum atomic E-state index is 12.0. The van der Waals surface area contributed by atoms with Crippen molar-refractivity contribution in [2.24, 2.45) is 24.6 Å². The largest absolute Gasteiger partial charge is 0.330 e. The molecule has 16 heavy (non-hydrogen) atoms. The van der Waals surface area contributed by atoms with Crippen LogP contribution in [0.1, 0.15) is 19.3 Å². The van der Waals surface area contributed by atoms with Gasteiger partial charge in [-0.1, -0.05) is 6.42 Å². The Hall–Kier alpha value is -1.36. The summed E-state index contributed by atoms with van der Waals surface area (Å²) in [7, 11) is 1.81. The summed E-state index contributed by atoms with van der Waals surface area (Å²) in [5.74, 6) is 1.23. The predicted octanol–water partition coefficient (Wildman–Crippen LogP) is 0.734. The first-order valence-corrected chi connectivity index (χ1v) is 5.71. The Labute approximate surface area is 95.0 Å². The molecule has 88 valence electrons. The van der Waals surface area contributed by atoms with Crippen molar-refractivity contribution in [3.63, 3.8) is 0 Å². The Balaban J connectivity index is 2.00. The molecule has 1 aliphatic carbocycles. The number of hydrogen-bond acceptors (Lipinski definition) is 3. The first-order valence-electron chi connectivity index (χ1n) is 5.71. The Morgan fingerprint density at radius 3 is 3.12 bits per heavy atom. The number of hydrogen-bond donors (Lipinski definition) is 2. The quantitative estimate of drug-likeness (QED) is 0.792. The number of nitrogens with two attached hydrogens (primary N) is 1. The molecule has 5 heteroatoms. The fourth-order valence-corrected chi connectivity index (χ4v) is 2.38. The SMILES string of the molecule is Cn1nccc1NC(=O)[C@@H]1CCC[C@@H]1CN. The molecule has 5 nitrogen and oxygen atoms in total. The Kier molecular flexibility index (Phi) is 3.24. The van der Waals surface area contributed by atoms with Crippen LogP contribution in [-0.4, -0.2) is 22.2 Å². The van der Waals surface area contributed by atoms with Crippen LogP contribution in [0.5, 0.6) is 0 Å². The van der Waals surface area contributed by atoms with Crippen LogP contribution in [0.2, 0.25) is 0 Å². The zero-order chi connectivity index (χ0) is 11.5. The van der Waals surface area contributed by atoms with E-state index >= 15 is 0 Å². The van der Waals surface area contributed by atoms with E-state index in [0.717, 1.165) is 25.1 Å². The lowest BCUT2D eigenvalue weighted by atomic mass is 9.95. The number of anilines is 1. The van der Waals surface area contributed by atoms with Crippen molar-refractivity contribution in [2.45, 2.75) is 19.3 Å². The van der Waals surface area contributed by atoms with Crippen LogP contribution in [0.15, 0.2) is 12.3 Å². The zero-order valence-corrected chi connectivity index (χ0v) is 9.52. The van der Waals surface area contributed by atoms with Crippen LogP contribution < -0.4 is 11.1 Å². The van der Waals surface area contributed by atoms with Gasteiger partial charge in [0.2, 0.25) is 5.91 Å². The monoisotopic (exact) mass is 222 g/mol. The van der Waals surface area contributed by atoms with Gasteiger partial charge in [-0.15, -0.1) is 0 Å². The molecule has 0 radical (unpaired) electrons. The molecule has 1 fully saturated rings. The highest BCUT2D eigenvalue weighted by atomic mass is 16.2. The normalized spacial score (nSPS) is 24.6. The minimum Gasteiger partial charge on any atom is -0.330 e. The smallest absolute Gasteiger partial charge is 0.228 e. The van der Waals surface area contributed by atoms with Crippen molar-refractivity contribution in [1.29, 1.82) is 0 Å². The number of aromatic nitrogens is 2. The highest BCUT2D eigenvalue weighted by molar-refractivity contribution is 5.92. The summed E-state index contributed by atoms with van der Waals surface area (Å²) in [6.07, 6.45) is 4.79. The average molecular weight is 222 g/mol. The van der Waals surface area contributed by atoms with E-state index in [0.29, 0.717) is 12.5 Å². The van der Waals surface area contributed by atoms with E-state index in [9.17, 15) is 4.79 Å². The number of amides is 1. The highest BCUT2D eigenvalue weighted by Crippen LogP contribution is 2.31. The van der Waals surface area contributed by atoms with Gasteiger partial charge in [0.15, 0.2) is 0 Å². The van der Waals surface area contributed by atoms with Crippen LogP contribution in [0.3, 0.4) is 0 Å². The molecule has 0 unspecified atom stereocenters. The predicted molar refractivity (Wildman–Crippen MR) is 61.7 cm³/mol. The van der Waals surface area contributed by atoms with Gasteiger partial charge < -0.3 is 11.1 Å². The summed E-state index contributed by atoms with van der Waals surface area (Å²) in [6.45, 7) is 0.601. The minimum atomic E-state index is 0.0694. The molecule has 2 atom stereocenters. The van der Waals surface area contributed by atoms with E-state index in [2.05, 4.69) is 10.4 Å². The van der Waals surface area contributed by atoms with Gasteiger partial charge in [0.25, 0.3) is 0 Å². The minimum absolute atomic E-state index is 0.0694. The summed E-state index contributed by atoms with van der Waals surface area (Å²) >= 11 is 0. The molecule has 1 amide bonds. The van der Waals surface area contributed by atoms with Crippen molar-refractivity contribution in [3.8, 4) is 0 Å². The molecule has 0 spiro atoms.